The molecule has 0 saturated heterocycles. The van der Waals surface area contributed by atoms with E-state index >= 15 is 0 Å². The maximum Gasteiger partial charge on any atom is 0.272 e. The van der Waals surface area contributed by atoms with E-state index in [1.165, 1.54) is 16.8 Å². The molecule has 4 rings (SSSR count). The third kappa shape index (κ3) is 6.00. The number of carbonyl (C=O) groups is 1. The Labute approximate surface area is 206 Å². The molecule has 0 fully saturated rings. The van der Waals surface area contributed by atoms with Gasteiger partial charge in [-0.3, -0.25) is 14.6 Å². The zero-order valence-electron chi connectivity index (χ0n) is 19.3. The number of nitrogens with two attached hydrogens (primary N) is 1. The van der Waals surface area contributed by atoms with Crippen molar-refractivity contribution in [1.29, 1.82) is 0 Å². The third-order valence-electron chi connectivity index (χ3n) is 5.63. The minimum Gasteiger partial charge on any atom is -0.352 e. The normalized spacial score (nSPS) is 10.8. The SMILES string of the molecule is Cc1ccn(NCc2ccc(-c3ccccn3)s2)c(=O)c1CC(=O)NCc1cc(F)ccc1CN. The Balaban J connectivity index is 1.41. The van der Waals surface area contributed by atoms with Gasteiger partial charge in [0.25, 0.3) is 5.56 Å². The van der Waals surface area contributed by atoms with Gasteiger partial charge in [-0.15, -0.1) is 11.3 Å². The van der Waals surface area contributed by atoms with Gasteiger partial charge < -0.3 is 16.5 Å². The van der Waals surface area contributed by atoms with Gasteiger partial charge in [-0.1, -0.05) is 12.1 Å². The number of amides is 1. The van der Waals surface area contributed by atoms with Gasteiger partial charge in [-0.2, -0.15) is 0 Å². The number of rotatable bonds is 9. The van der Waals surface area contributed by atoms with E-state index in [1.807, 2.05) is 30.3 Å². The molecule has 0 radical (unpaired) electrons. The summed E-state index contributed by atoms with van der Waals surface area (Å²) in [4.78, 5) is 32.1. The van der Waals surface area contributed by atoms with Crippen LogP contribution in [0.5, 0.6) is 0 Å². The van der Waals surface area contributed by atoms with Gasteiger partial charge in [0.1, 0.15) is 5.82 Å². The lowest BCUT2D eigenvalue weighted by Gasteiger charge is -2.13. The Bertz CT molecular complexity index is 1380. The Morgan fingerprint density at radius 1 is 1.11 bits per heavy atom. The van der Waals surface area contributed by atoms with Crippen LogP contribution >= 0.6 is 11.3 Å². The van der Waals surface area contributed by atoms with Crippen LogP contribution in [-0.4, -0.2) is 15.6 Å². The number of nitrogens with zero attached hydrogens (tertiary/aromatic N) is 2. The third-order valence-corrected chi connectivity index (χ3v) is 6.74. The second-order valence-corrected chi connectivity index (χ2v) is 9.21. The summed E-state index contributed by atoms with van der Waals surface area (Å²) in [7, 11) is 0. The van der Waals surface area contributed by atoms with E-state index in [-0.39, 0.29) is 31.0 Å². The zero-order valence-corrected chi connectivity index (χ0v) is 20.1. The maximum absolute atomic E-state index is 13.6. The van der Waals surface area contributed by atoms with Crippen molar-refractivity contribution < 1.29 is 9.18 Å². The summed E-state index contributed by atoms with van der Waals surface area (Å²) in [5.74, 6) is -0.717. The first-order valence-corrected chi connectivity index (χ1v) is 12.0. The lowest BCUT2D eigenvalue weighted by molar-refractivity contribution is -0.120. The molecule has 3 heterocycles. The summed E-state index contributed by atoms with van der Waals surface area (Å²) in [6, 6.07) is 15.9. The molecule has 180 valence electrons. The van der Waals surface area contributed by atoms with Crippen molar-refractivity contribution in [1.82, 2.24) is 15.0 Å². The fourth-order valence-corrected chi connectivity index (χ4v) is 4.58. The van der Waals surface area contributed by atoms with Crippen molar-refractivity contribution in [3.8, 4) is 10.6 Å². The number of nitrogens with one attached hydrogen (secondary N) is 2. The molecule has 1 aromatic carbocycles. The Hall–Kier alpha value is -3.82. The van der Waals surface area contributed by atoms with Crippen molar-refractivity contribution in [3.05, 3.63) is 110 Å². The molecule has 0 bridgehead atoms. The number of pyridine rings is 2. The zero-order chi connectivity index (χ0) is 24.8. The van der Waals surface area contributed by atoms with Crippen molar-refractivity contribution >= 4 is 17.2 Å². The van der Waals surface area contributed by atoms with Gasteiger partial charge >= 0.3 is 0 Å². The number of carbonyl (C=O) groups excluding carboxylic acids is 1. The summed E-state index contributed by atoms with van der Waals surface area (Å²) >= 11 is 1.60. The predicted molar refractivity (Wildman–Crippen MR) is 136 cm³/mol. The molecule has 3 aromatic heterocycles. The summed E-state index contributed by atoms with van der Waals surface area (Å²) in [5, 5.41) is 2.77. The smallest absolute Gasteiger partial charge is 0.272 e. The quantitative estimate of drug-likeness (QED) is 0.333. The lowest BCUT2D eigenvalue weighted by atomic mass is 10.1. The molecule has 9 heteroatoms. The fourth-order valence-electron chi connectivity index (χ4n) is 3.67. The molecule has 0 saturated carbocycles. The highest BCUT2D eigenvalue weighted by atomic mass is 32.1. The number of thiophene rings is 1. The van der Waals surface area contributed by atoms with Crippen LogP contribution in [0.2, 0.25) is 0 Å². The molecule has 0 atom stereocenters. The summed E-state index contributed by atoms with van der Waals surface area (Å²) < 4.78 is 15.0. The molecule has 4 aromatic rings. The number of aryl methyl sites for hydroxylation is 1. The van der Waals surface area contributed by atoms with E-state index in [9.17, 15) is 14.0 Å². The van der Waals surface area contributed by atoms with Gasteiger partial charge in [0.15, 0.2) is 0 Å². The first kappa shape index (κ1) is 24.3. The van der Waals surface area contributed by atoms with Crippen LogP contribution < -0.4 is 22.0 Å². The topological polar surface area (TPSA) is 102 Å². The van der Waals surface area contributed by atoms with Crippen LogP contribution in [0.1, 0.15) is 27.1 Å². The molecule has 0 spiro atoms. The van der Waals surface area contributed by atoms with Gasteiger partial charge in [0.2, 0.25) is 5.91 Å². The monoisotopic (exact) mass is 491 g/mol. The molecule has 4 N–H and O–H groups in total. The average molecular weight is 492 g/mol. The standard InChI is InChI=1S/C26H26FN5O2S/c1-17-9-11-32(31-16-21-7-8-24(35-21)23-4-2-3-10-29-23)26(34)22(17)13-25(33)30-15-19-12-20(27)6-5-18(19)14-28/h2-12,31H,13-16,28H2,1H3,(H,30,33). The van der Waals surface area contributed by atoms with Gasteiger partial charge in [0.05, 0.1) is 23.5 Å². The molecule has 7 nitrogen and oxygen atoms in total. The fraction of sp³-hybridized carbons (Fsp3) is 0.192. The van der Waals surface area contributed by atoms with Gasteiger partial charge in [-0.25, -0.2) is 9.07 Å². The van der Waals surface area contributed by atoms with E-state index in [2.05, 4.69) is 15.7 Å². The van der Waals surface area contributed by atoms with Crippen molar-refractivity contribution in [2.45, 2.75) is 33.0 Å². The second-order valence-electron chi connectivity index (χ2n) is 8.04. The van der Waals surface area contributed by atoms with Gasteiger partial charge in [-0.05, 0) is 66.1 Å². The lowest BCUT2D eigenvalue weighted by Crippen LogP contribution is -2.34. The minimum absolute atomic E-state index is 0.0801. The summed E-state index contributed by atoms with van der Waals surface area (Å²) in [6.45, 7) is 2.63. The number of benzene rings is 1. The van der Waals surface area contributed by atoms with E-state index in [4.69, 9.17) is 5.73 Å². The van der Waals surface area contributed by atoms with Crippen LogP contribution in [0.3, 0.4) is 0 Å². The maximum atomic E-state index is 13.6. The predicted octanol–water partition coefficient (Wildman–Crippen LogP) is 3.48. The van der Waals surface area contributed by atoms with E-state index in [1.54, 1.807) is 42.8 Å². The van der Waals surface area contributed by atoms with Crippen molar-refractivity contribution in [2.75, 3.05) is 5.43 Å². The van der Waals surface area contributed by atoms with Crippen LogP contribution in [-0.2, 0) is 30.8 Å². The Morgan fingerprint density at radius 3 is 2.74 bits per heavy atom. The Kier molecular flexibility index (Phi) is 7.69. The first-order chi connectivity index (χ1) is 16.9. The number of hydrogen-bond acceptors (Lipinski definition) is 6. The molecule has 1 amide bonds. The number of hydrogen-bond donors (Lipinski definition) is 3. The highest BCUT2D eigenvalue weighted by Gasteiger charge is 2.13. The number of halogens is 1. The average Bonchev–Trinajstić information content (AvgIpc) is 3.34. The van der Waals surface area contributed by atoms with Gasteiger partial charge in [0, 0.05) is 35.9 Å². The molecule has 0 unspecified atom stereocenters. The number of aromatic nitrogens is 2. The first-order valence-electron chi connectivity index (χ1n) is 11.1. The molecular formula is C26H26FN5O2S. The summed E-state index contributed by atoms with van der Waals surface area (Å²) in [6.07, 6.45) is 3.34. The van der Waals surface area contributed by atoms with E-state index in [0.717, 1.165) is 26.6 Å². The van der Waals surface area contributed by atoms with Crippen LogP contribution in [0.15, 0.2) is 71.8 Å². The molecule has 0 aliphatic rings. The molecular weight excluding hydrogens is 465 g/mol. The van der Waals surface area contributed by atoms with Crippen LogP contribution in [0.25, 0.3) is 10.6 Å². The largest absolute Gasteiger partial charge is 0.352 e. The summed E-state index contributed by atoms with van der Waals surface area (Å²) in [5.41, 5.74) is 11.9. The minimum atomic E-state index is -0.391. The molecule has 0 aliphatic heterocycles. The molecule has 0 aliphatic carbocycles. The van der Waals surface area contributed by atoms with Crippen molar-refractivity contribution in [2.24, 2.45) is 5.73 Å². The van der Waals surface area contributed by atoms with E-state index < -0.39 is 5.82 Å². The second kappa shape index (κ2) is 11.1. The Morgan fingerprint density at radius 2 is 1.97 bits per heavy atom. The van der Waals surface area contributed by atoms with Crippen LogP contribution in [0, 0.1) is 12.7 Å². The highest BCUT2D eigenvalue weighted by Crippen LogP contribution is 2.26. The van der Waals surface area contributed by atoms with Crippen molar-refractivity contribution in [3.63, 3.8) is 0 Å². The van der Waals surface area contributed by atoms with E-state index in [0.29, 0.717) is 17.7 Å². The molecule has 35 heavy (non-hydrogen) atoms. The highest BCUT2D eigenvalue weighted by molar-refractivity contribution is 7.15. The van der Waals surface area contributed by atoms with Crippen LogP contribution in [0.4, 0.5) is 4.39 Å².